The minimum absolute atomic E-state index is 0. The molecule has 1 heteroatoms. The quantitative estimate of drug-likeness (QED) is 0.156. The van der Waals surface area contributed by atoms with Crippen molar-refractivity contribution in [2.24, 2.45) is 0 Å². The van der Waals surface area contributed by atoms with E-state index in [0.29, 0.717) is 0 Å². The van der Waals surface area contributed by atoms with E-state index in [1.54, 1.807) is 0 Å². The second-order valence-electron chi connectivity index (χ2n) is 7.60. The summed E-state index contributed by atoms with van der Waals surface area (Å²) in [6, 6.07) is 18.8. The smallest absolute Gasteiger partial charge is 0.214 e. The third-order valence-electron chi connectivity index (χ3n) is 5.11. The largest absolute Gasteiger partial charge is 2.00 e. The molecule has 0 saturated carbocycles. The van der Waals surface area contributed by atoms with Crippen LogP contribution in [0, 0.1) is 0 Å². The first-order valence-corrected chi connectivity index (χ1v) is 11.3. The number of unbranched alkanes of at least 4 members (excludes halogenated alkanes) is 13. The van der Waals surface area contributed by atoms with Gasteiger partial charge in [0.15, 0.2) is 0 Å². The first kappa shape index (κ1) is 26.2. The van der Waals surface area contributed by atoms with E-state index in [4.69, 9.17) is 0 Å². The van der Waals surface area contributed by atoms with E-state index in [2.05, 4.69) is 31.2 Å². The molecule has 0 amide bonds. The molecule has 0 spiro atoms. The van der Waals surface area contributed by atoms with Gasteiger partial charge < -0.3 is 0 Å². The second kappa shape index (κ2) is 21.5. The summed E-state index contributed by atoms with van der Waals surface area (Å²) < 4.78 is 0. The molecule has 154 valence electrons. The Labute approximate surface area is 180 Å². The molecule has 0 unspecified atom stereocenters. The van der Waals surface area contributed by atoms with Gasteiger partial charge in [0.2, 0.25) is 0 Å². The van der Waals surface area contributed by atoms with Crippen LogP contribution in [0.1, 0.15) is 102 Å². The second-order valence-corrected chi connectivity index (χ2v) is 7.60. The van der Waals surface area contributed by atoms with Gasteiger partial charge in [-0.3, -0.25) is 0 Å². The molecule has 0 heterocycles. The molecular weight excluding hydrogens is 368 g/mol. The van der Waals surface area contributed by atoms with Crippen molar-refractivity contribution in [3.05, 3.63) is 60.2 Å². The van der Waals surface area contributed by atoms with Gasteiger partial charge in [-0.25, -0.2) is 24.3 Å². The molecular formula is C26H42Fe. The van der Waals surface area contributed by atoms with Crippen LogP contribution in [0.2, 0.25) is 0 Å². The van der Waals surface area contributed by atoms with Crippen molar-refractivity contribution < 1.29 is 17.1 Å². The molecule has 2 aromatic rings. The monoisotopic (exact) mass is 410 g/mol. The molecule has 0 radical (unpaired) electrons. The molecule has 2 rings (SSSR count). The summed E-state index contributed by atoms with van der Waals surface area (Å²) in [7, 11) is 0. The van der Waals surface area contributed by atoms with Gasteiger partial charge in [0.1, 0.15) is 0 Å². The Bertz CT molecular complexity index is 423. The molecule has 0 aliphatic carbocycles. The Morgan fingerprint density at radius 1 is 0.556 bits per heavy atom. The van der Waals surface area contributed by atoms with Crippen LogP contribution in [-0.4, -0.2) is 0 Å². The zero-order valence-electron chi connectivity index (χ0n) is 17.7. The summed E-state index contributed by atoms with van der Waals surface area (Å²) in [5.41, 5.74) is 1.52. The Hall–Kier alpha value is -0.781. The molecule has 0 aliphatic rings. The van der Waals surface area contributed by atoms with E-state index in [-0.39, 0.29) is 17.1 Å². The van der Waals surface area contributed by atoms with Gasteiger partial charge in [-0.2, -0.15) is 35.9 Å². The maximum atomic E-state index is 2.29. The van der Waals surface area contributed by atoms with Crippen molar-refractivity contribution in [3.63, 3.8) is 0 Å². The summed E-state index contributed by atoms with van der Waals surface area (Å²) in [5.74, 6) is 0. The van der Waals surface area contributed by atoms with Gasteiger partial charge in [0.25, 0.3) is 0 Å². The van der Waals surface area contributed by atoms with E-state index in [1.165, 1.54) is 102 Å². The van der Waals surface area contributed by atoms with Gasteiger partial charge in [-0.05, 0) is 0 Å². The topological polar surface area (TPSA) is 0 Å². The van der Waals surface area contributed by atoms with Crippen molar-refractivity contribution in [1.29, 1.82) is 0 Å². The molecule has 2 aromatic carbocycles. The molecule has 27 heavy (non-hydrogen) atoms. The van der Waals surface area contributed by atoms with Crippen LogP contribution in [-0.2, 0) is 23.5 Å². The van der Waals surface area contributed by atoms with Crippen molar-refractivity contribution >= 4 is 0 Å². The molecule has 0 bridgehead atoms. The van der Waals surface area contributed by atoms with E-state index in [9.17, 15) is 0 Å². The first-order valence-electron chi connectivity index (χ1n) is 11.3. The van der Waals surface area contributed by atoms with Crippen LogP contribution in [0.5, 0.6) is 0 Å². The Morgan fingerprint density at radius 3 is 1.33 bits per heavy atom. The molecule has 0 aromatic heterocycles. The summed E-state index contributed by atoms with van der Waals surface area (Å²) in [6.45, 7) is 2.29. The third kappa shape index (κ3) is 18.4. The minimum atomic E-state index is 0. The zero-order chi connectivity index (χ0) is 18.5. The number of rotatable bonds is 15. The number of hydrogen-bond donors (Lipinski definition) is 0. The summed E-state index contributed by atoms with van der Waals surface area (Å²) >= 11 is 0. The summed E-state index contributed by atoms with van der Waals surface area (Å²) in [4.78, 5) is 0. The molecule has 0 fully saturated rings. The van der Waals surface area contributed by atoms with Crippen LogP contribution in [0.25, 0.3) is 0 Å². The normalized spacial score (nSPS) is 10.1. The molecule has 0 atom stereocenters. The van der Waals surface area contributed by atoms with Crippen LogP contribution >= 0.6 is 0 Å². The molecule has 0 N–H and O–H groups in total. The van der Waals surface area contributed by atoms with E-state index in [0.717, 1.165) is 0 Å². The average molecular weight is 410 g/mol. The Balaban J connectivity index is 0.000000969. The van der Waals surface area contributed by atoms with Crippen molar-refractivity contribution in [2.75, 3.05) is 0 Å². The maximum Gasteiger partial charge on any atom is 2.00 e. The number of hydrogen-bond acceptors (Lipinski definition) is 0. The molecule has 0 nitrogen and oxygen atoms in total. The van der Waals surface area contributed by atoms with Crippen molar-refractivity contribution in [2.45, 2.75) is 103 Å². The first-order chi connectivity index (χ1) is 12.9. The van der Waals surface area contributed by atoms with Crippen LogP contribution < -0.4 is 0 Å². The zero-order valence-corrected chi connectivity index (χ0v) is 18.8. The van der Waals surface area contributed by atoms with Crippen LogP contribution in [0.4, 0.5) is 0 Å². The Kier molecular flexibility index (Phi) is 20.9. The minimum Gasteiger partial charge on any atom is -0.214 e. The predicted molar refractivity (Wildman–Crippen MR) is 118 cm³/mol. The van der Waals surface area contributed by atoms with Gasteiger partial charge in [0, 0.05) is 0 Å². The fraction of sp³-hybridized carbons (Fsp3) is 0.615. The number of aryl methyl sites for hydroxylation is 1. The predicted octanol–water partition coefficient (Wildman–Crippen LogP) is 8.83. The molecule has 0 saturated heterocycles. The maximum absolute atomic E-state index is 2.29. The summed E-state index contributed by atoms with van der Waals surface area (Å²) in [6.07, 6.45) is 21.5. The van der Waals surface area contributed by atoms with Gasteiger partial charge in [-0.15, -0.1) is 0 Å². The van der Waals surface area contributed by atoms with Crippen LogP contribution in [0.15, 0.2) is 54.6 Å². The standard InChI is InChI=1S/C21H37.C5H5.Fe/c1-2-3-4-5-6-7-8-9-10-11-12-13-14-15-18-21-19-16-17-20-21;1-2-4-5-3-1;/h16-17,19-20H,2-15,18H2,1H3;1-5H;/q2*-1;+2. The summed E-state index contributed by atoms with van der Waals surface area (Å²) in [5, 5.41) is 0. The van der Waals surface area contributed by atoms with Crippen LogP contribution in [0.3, 0.4) is 0 Å². The fourth-order valence-corrected chi connectivity index (χ4v) is 3.42. The van der Waals surface area contributed by atoms with Crippen molar-refractivity contribution in [1.82, 2.24) is 0 Å². The van der Waals surface area contributed by atoms with Crippen molar-refractivity contribution in [3.8, 4) is 0 Å². The van der Waals surface area contributed by atoms with Gasteiger partial charge in [-0.1, -0.05) is 103 Å². The Morgan fingerprint density at radius 2 is 0.963 bits per heavy atom. The van der Waals surface area contributed by atoms with E-state index in [1.807, 2.05) is 30.3 Å². The fourth-order valence-electron chi connectivity index (χ4n) is 3.42. The average Bonchev–Trinajstić information content (AvgIpc) is 3.38. The SMILES string of the molecule is CCCCCCCCCCCCCCCC[c-]1cccc1.[Fe+2].c1cc[cH-]c1. The van der Waals surface area contributed by atoms with Gasteiger partial charge in [0.05, 0.1) is 0 Å². The van der Waals surface area contributed by atoms with E-state index >= 15 is 0 Å². The van der Waals surface area contributed by atoms with Gasteiger partial charge >= 0.3 is 17.1 Å². The molecule has 0 aliphatic heterocycles. The van der Waals surface area contributed by atoms with E-state index < -0.39 is 0 Å². The third-order valence-corrected chi connectivity index (χ3v) is 5.11.